The number of hydrogen-bond donors (Lipinski definition) is 1. The van der Waals surface area contributed by atoms with Gasteiger partial charge in [0.25, 0.3) is 0 Å². The molecule has 2 aromatic rings. The highest BCUT2D eigenvalue weighted by Crippen LogP contribution is 2.32. The predicted octanol–water partition coefficient (Wildman–Crippen LogP) is 5.46. The van der Waals surface area contributed by atoms with Crippen molar-refractivity contribution in [3.63, 3.8) is 0 Å². The highest BCUT2D eigenvalue weighted by Gasteiger charge is 2.30. The van der Waals surface area contributed by atoms with Gasteiger partial charge in [0, 0.05) is 19.6 Å². The van der Waals surface area contributed by atoms with Gasteiger partial charge >= 0.3 is 6.18 Å². The van der Waals surface area contributed by atoms with Crippen molar-refractivity contribution in [2.45, 2.75) is 44.4 Å². The Morgan fingerprint density at radius 2 is 1.55 bits per heavy atom. The maximum atomic E-state index is 12.7. The fraction of sp³-hybridized carbons (Fsp3) is 0.500. The molecule has 3 rings (SSSR count). The standard InChI is InChI=1S/C24H30F3NO3/c25-24(26,27)20-7-11-22(12-8-20)31-23(13-17-29)19-5-9-21(10-6-19)30-18-4-16-28-14-2-1-3-15-28/h5-12,23,29H,1-4,13-18H2. The number of benzene rings is 2. The Balaban J connectivity index is 1.51. The Kier molecular flexibility index (Phi) is 8.60. The number of halogens is 3. The molecule has 170 valence electrons. The number of likely N-dealkylation sites (tertiary alicyclic amines) is 1. The smallest absolute Gasteiger partial charge is 0.416 e. The van der Waals surface area contributed by atoms with Crippen LogP contribution in [0, 0.1) is 0 Å². The molecular formula is C24H30F3NO3. The van der Waals surface area contributed by atoms with Gasteiger partial charge in [0.1, 0.15) is 17.6 Å². The van der Waals surface area contributed by atoms with Crippen LogP contribution in [0.3, 0.4) is 0 Å². The van der Waals surface area contributed by atoms with E-state index >= 15 is 0 Å². The fourth-order valence-corrected chi connectivity index (χ4v) is 3.74. The zero-order valence-corrected chi connectivity index (χ0v) is 17.6. The molecule has 0 spiro atoms. The minimum atomic E-state index is -4.38. The third-order valence-electron chi connectivity index (χ3n) is 5.44. The second-order valence-electron chi connectivity index (χ2n) is 7.81. The van der Waals surface area contributed by atoms with E-state index in [-0.39, 0.29) is 6.61 Å². The molecule has 1 fully saturated rings. The number of aliphatic hydroxyl groups excluding tert-OH is 1. The Morgan fingerprint density at radius 1 is 0.903 bits per heavy atom. The average Bonchev–Trinajstić information content (AvgIpc) is 2.77. The van der Waals surface area contributed by atoms with Crippen molar-refractivity contribution < 1.29 is 27.8 Å². The van der Waals surface area contributed by atoms with Crippen LogP contribution in [0.5, 0.6) is 11.5 Å². The molecule has 7 heteroatoms. The summed E-state index contributed by atoms with van der Waals surface area (Å²) in [5, 5.41) is 9.37. The number of hydrogen-bond acceptors (Lipinski definition) is 4. The normalized spacial score (nSPS) is 16.1. The zero-order valence-electron chi connectivity index (χ0n) is 17.6. The minimum Gasteiger partial charge on any atom is -0.494 e. The quantitative estimate of drug-likeness (QED) is 0.501. The molecular weight excluding hydrogens is 407 g/mol. The van der Waals surface area contributed by atoms with E-state index in [2.05, 4.69) is 4.90 Å². The Morgan fingerprint density at radius 3 is 2.16 bits per heavy atom. The van der Waals surface area contributed by atoms with Gasteiger partial charge < -0.3 is 19.5 Å². The molecule has 0 radical (unpaired) electrons. The molecule has 1 atom stereocenters. The summed E-state index contributed by atoms with van der Waals surface area (Å²) in [6, 6.07) is 12.0. The molecule has 31 heavy (non-hydrogen) atoms. The summed E-state index contributed by atoms with van der Waals surface area (Å²) in [4.78, 5) is 2.48. The Hall–Kier alpha value is -2.25. The van der Waals surface area contributed by atoms with E-state index in [0.29, 0.717) is 18.8 Å². The van der Waals surface area contributed by atoms with Gasteiger partial charge in [0.15, 0.2) is 0 Å². The molecule has 1 heterocycles. The van der Waals surface area contributed by atoms with Crippen LogP contribution in [0.25, 0.3) is 0 Å². The van der Waals surface area contributed by atoms with Gasteiger partial charge in [-0.05, 0) is 74.3 Å². The van der Waals surface area contributed by atoms with E-state index in [4.69, 9.17) is 9.47 Å². The number of alkyl halides is 3. The molecule has 1 N–H and O–H groups in total. The number of aliphatic hydroxyl groups is 1. The molecule has 0 bridgehead atoms. The lowest BCUT2D eigenvalue weighted by Gasteiger charge is -2.26. The molecule has 1 saturated heterocycles. The van der Waals surface area contributed by atoms with Crippen molar-refractivity contribution in [3.05, 3.63) is 59.7 Å². The van der Waals surface area contributed by atoms with Crippen molar-refractivity contribution in [2.24, 2.45) is 0 Å². The van der Waals surface area contributed by atoms with E-state index in [1.54, 1.807) is 0 Å². The Bertz CT molecular complexity index is 772. The second kappa shape index (κ2) is 11.4. The van der Waals surface area contributed by atoms with Crippen molar-refractivity contribution in [1.29, 1.82) is 0 Å². The summed E-state index contributed by atoms with van der Waals surface area (Å²) in [6.07, 6.45) is 0.363. The van der Waals surface area contributed by atoms with Gasteiger partial charge in [-0.1, -0.05) is 18.6 Å². The van der Waals surface area contributed by atoms with Gasteiger partial charge in [-0.3, -0.25) is 0 Å². The van der Waals surface area contributed by atoms with Crippen LogP contribution < -0.4 is 9.47 Å². The molecule has 1 unspecified atom stereocenters. The van der Waals surface area contributed by atoms with Gasteiger partial charge in [0.2, 0.25) is 0 Å². The van der Waals surface area contributed by atoms with Gasteiger partial charge in [-0.2, -0.15) is 13.2 Å². The van der Waals surface area contributed by atoms with Crippen LogP contribution in [-0.2, 0) is 6.18 Å². The first-order chi connectivity index (χ1) is 15.0. The number of rotatable bonds is 10. The average molecular weight is 438 g/mol. The molecule has 0 aliphatic carbocycles. The first-order valence-electron chi connectivity index (χ1n) is 10.9. The number of ether oxygens (including phenoxy) is 2. The predicted molar refractivity (Wildman–Crippen MR) is 113 cm³/mol. The molecule has 2 aromatic carbocycles. The summed E-state index contributed by atoms with van der Waals surface area (Å²) in [5.41, 5.74) is 0.106. The van der Waals surface area contributed by atoms with E-state index in [0.717, 1.165) is 36.4 Å². The summed E-state index contributed by atoms with van der Waals surface area (Å²) >= 11 is 0. The SMILES string of the molecule is OCCC(Oc1ccc(C(F)(F)F)cc1)c1ccc(OCCCN2CCCCC2)cc1. The maximum absolute atomic E-state index is 12.7. The monoisotopic (exact) mass is 437 g/mol. The zero-order chi connectivity index (χ0) is 22.1. The first kappa shape index (κ1) is 23.4. The molecule has 0 aromatic heterocycles. The number of piperidine rings is 1. The van der Waals surface area contributed by atoms with Crippen LogP contribution in [0.15, 0.2) is 48.5 Å². The van der Waals surface area contributed by atoms with Crippen LogP contribution in [0.4, 0.5) is 13.2 Å². The summed E-state index contributed by atoms with van der Waals surface area (Å²) in [5.74, 6) is 1.09. The van der Waals surface area contributed by atoms with E-state index < -0.39 is 17.8 Å². The highest BCUT2D eigenvalue weighted by atomic mass is 19.4. The van der Waals surface area contributed by atoms with E-state index in [1.165, 1.54) is 44.5 Å². The van der Waals surface area contributed by atoms with Gasteiger partial charge in [-0.25, -0.2) is 0 Å². The Labute approximate surface area is 181 Å². The molecule has 1 aliphatic heterocycles. The topological polar surface area (TPSA) is 41.9 Å². The fourth-order valence-electron chi connectivity index (χ4n) is 3.74. The van der Waals surface area contributed by atoms with Crippen LogP contribution in [-0.4, -0.2) is 42.9 Å². The molecule has 4 nitrogen and oxygen atoms in total. The highest BCUT2D eigenvalue weighted by molar-refractivity contribution is 5.32. The van der Waals surface area contributed by atoms with Crippen molar-refractivity contribution >= 4 is 0 Å². The van der Waals surface area contributed by atoms with Gasteiger partial charge in [-0.15, -0.1) is 0 Å². The van der Waals surface area contributed by atoms with E-state index in [1.807, 2.05) is 24.3 Å². The molecule has 1 aliphatic rings. The lowest BCUT2D eigenvalue weighted by Crippen LogP contribution is -2.31. The maximum Gasteiger partial charge on any atom is 0.416 e. The molecule has 0 amide bonds. The van der Waals surface area contributed by atoms with Crippen molar-refractivity contribution in [2.75, 3.05) is 32.8 Å². The minimum absolute atomic E-state index is 0.0972. The van der Waals surface area contributed by atoms with Crippen LogP contribution in [0.1, 0.15) is 49.3 Å². The van der Waals surface area contributed by atoms with Crippen LogP contribution in [0.2, 0.25) is 0 Å². The summed E-state index contributed by atoms with van der Waals surface area (Å²) in [6.45, 7) is 3.97. The summed E-state index contributed by atoms with van der Waals surface area (Å²) < 4.78 is 49.8. The summed E-state index contributed by atoms with van der Waals surface area (Å²) in [7, 11) is 0. The van der Waals surface area contributed by atoms with Gasteiger partial charge in [0.05, 0.1) is 12.2 Å². The largest absolute Gasteiger partial charge is 0.494 e. The molecule has 0 saturated carbocycles. The van der Waals surface area contributed by atoms with Crippen molar-refractivity contribution in [3.8, 4) is 11.5 Å². The third-order valence-corrected chi connectivity index (χ3v) is 5.44. The lowest BCUT2D eigenvalue weighted by molar-refractivity contribution is -0.137. The number of nitrogens with zero attached hydrogens (tertiary/aromatic N) is 1. The van der Waals surface area contributed by atoms with Crippen LogP contribution >= 0.6 is 0 Å². The van der Waals surface area contributed by atoms with Crippen molar-refractivity contribution in [1.82, 2.24) is 4.90 Å². The third kappa shape index (κ3) is 7.43. The second-order valence-corrected chi connectivity index (χ2v) is 7.81. The van der Waals surface area contributed by atoms with E-state index in [9.17, 15) is 18.3 Å². The lowest BCUT2D eigenvalue weighted by atomic mass is 10.1. The first-order valence-corrected chi connectivity index (χ1v) is 10.9.